The number of nitrogens with two attached hydrogens (primary N) is 1. The molecular formula is C11H16ClFN2S. The van der Waals surface area contributed by atoms with Gasteiger partial charge in [0.05, 0.1) is 0 Å². The first-order valence-electron chi connectivity index (χ1n) is 5.07. The molecule has 2 nitrogen and oxygen atoms in total. The van der Waals surface area contributed by atoms with Crippen molar-refractivity contribution in [1.82, 2.24) is 0 Å². The average molecular weight is 263 g/mol. The Labute approximate surface area is 105 Å². The first kappa shape index (κ1) is 13.6. The van der Waals surface area contributed by atoms with Crippen LogP contribution in [0.3, 0.4) is 0 Å². The van der Waals surface area contributed by atoms with Crippen LogP contribution in [0.1, 0.15) is 6.42 Å². The molecule has 1 aromatic rings. The largest absolute Gasteiger partial charge is 0.381 e. The summed E-state index contributed by atoms with van der Waals surface area (Å²) in [6, 6.07) is 4.57. The SMILES string of the molecule is CSCCC(CN)Nc1cc(F)cc(Cl)c1. The molecule has 0 saturated carbocycles. The summed E-state index contributed by atoms with van der Waals surface area (Å²) in [5.41, 5.74) is 6.32. The van der Waals surface area contributed by atoms with Crippen molar-refractivity contribution < 1.29 is 4.39 Å². The van der Waals surface area contributed by atoms with Crippen LogP contribution in [0.25, 0.3) is 0 Å². The van der Waals surface area contributed by atoms with Gasteiger partial charge in [-0.05, 0) is 36.6 Å². The van der Waals surface area contributed by atoms with Crippen molar-refractivity contribution >= 4 is 29.1 Å². The monoisotopic (exact) mass is 262 g/mol. The minimum absolute atomic E-state index is 0.158. The van der Waals surface area contributed by atoms with Gasteiger partial charge in [0, 0.05) is 23.3 Å². The number of nitrogens with one attached hydrogen (secondary N) is 1. The van der Waals surface area contributed by atoms with Gasteiger partial charge in [0.2, 0.25) is 0 Å². The maximum absolute atomic E-state index is 13.1. The van der Waals surface area contributed by atoms with Crippen molar-refractivity contribution in [3.63, 3.8) is 0 Å². The smallest absolute Gasteiger partial charge is 0.126 e. The van der Waals surface area contributed by atoms with E-state index in [0.29, 0.717) is 17.3 Å². The van der Waals surface area contributed by atoms with E-state index < -0.39 is 0 Å². The summed E-state index contributed by atoms with van der Waals surface area (Å²) < 4.78 is 13.1. The number of rotatable bonds is 6. The highest BCUT2D eigenvalue weighted by Gasteiger charge is 2.07. The first-order valence-corrected chi connectivity index (χ1v) is 6.84. The van der Waals surface area contributed by atoms with E-state index in [4.69, 9.17) is 17.3 Å². The molecule has 3 N–H and O–H groups in total. The van der Waals surface area contributed by atoms with E-state index in [0.717, 1.165) is 12.2 Å². The maximum atomic E-state index is 13.1. The van der Waals surface area contributed by atoms with Gasteiger partial charge in [0.25, 0.3) is 0 Å². The summed E-state index contributed by atoms with van der Waals surface area (Å²) in [4.78, 5) is 0. The molecule has 5 heteroatoms. The molecule has 1 rings (SSSR count). The molecule has 0 spiro atoms. The van der Waals surface area contributed by atoms with Crippen LogP contribution in [0.4, 0.5) is 10.1 Å². The minimum atomic E-state index is -0.337. The van der Waals surface area contributed by atoms with Crippen LogP contribution < -0.4 is 11.1 Å². The summed E-state index contributed by atoms with van der Waals surface area (Å²) in [6.07, 6.45) is 3.00. The molecule has 0 aliphatic rings. The predicted octanol–water partition coefficient (Wildman–Crippen LogP) is 2.97. The molecule has 0 saturated heterocycles. The van der Waals surface area contributed by atoms with Gasteiger partial charge in [-0.3, -0.25) is 0 Å². The van der Waals surface area contributed by atoms with E-state index in [2.05, 4.69) is 5.32 Å². The standard InChI is InChI=1S/C11H16ClFN2S/c1-16-3-2-10(7-14)15-11-5-8(12)4-9(13)6-11/h4-6,10,15H,2-3,7,14H2,1H3. The first-order chi connectivity index (χ1) is 7.65. The van der Waals surface area contributed by atoms with E-state index in [-0.39, 0.29) is 11.9 Å². The van der Waals surface area contributed by atoms with Gasteiger partial charge in [0.1, 0.15) is 5.82 Å². The molecule has 0 fully saturated rings. The topological polar surface area (TPSA) is 38.0 Å². The quantitative estimate of drug-likeness (QED) is 0.828. The highest BCUT2D eigenvalue weighted by atomic mass is 35.5. The molecule has 1 aromatic carbocycles. The van der Waals surface area contributed by atoms with Crippen LogP contribution >= 0.6 is 23.4 Å². The Morgan fingerprint density at radius 2 is 2.25 bits per heavy atom. The zero-order valence-corrected chi connectivity index (χ0v) is 10.7. The maximum Gasteiger partial charge on any atom is 0.126 e. The molecule has 0 radical (unpaired) electrons. The van der Waals surface area contributed by atoms with Crippen molar-refractivity contribution in [3.8, 4) is 0 Å². The summed E-state index contributed by atoms with van der Waals surface area (Å²) in [6.45, 7) is 0.523. The Kier molecular flexibility index (Phi) is 5.95. The number of anilines is 1. The lowest BCUT2D eigenvalue weighted by molar-refractivity contribution is 0.627. The summed E-state index contributed by atoms with van der Waals surface area (Å²) in [5, 5.41) is 3.57. The van der Waals surface area contributed by atoms with E-state index in [1.807, 2.05) is 6.26 Å². The number of hydrogen-bond acceptors (Lipinski definition) is 3. The third-order valence-electron chi connectivity index (χ3n) is 2.19. The molecule has 1 atom stereocenters. The molecule has 0 aliphatic heterocycles. The lowest BCUT2D eigenvalue weighted by atomic mass is 10.2. The highest BCUT2D eigenvalue weighted by Crippen LogP contribution is 2.19. The highest BCUT2D eigenvalue weighted by molar-refractivity contribution is 7.98. The van der Waals surface area contributed by atoms with Gasteiger partial charge >= 0.3 is 0 Å². The van der Waals surface area contributed by atoms with E-state index in [1.165, 1.54) is 12.1 Å². The van der Waals surface area contributed by atoms with Gasteiger partial charge in [-0.2, -0.15) is 11.8 Å². The molecule has 0 bridgehead atoms. The van der Waals surface area contributed by atoms with Gasteiger partial charge in [-0.25, -0.2) is 4.39 Å². The fourth-order valence-corrected chi connectivity index (χ4v) is 2.12. The minimum Gasteiger partial charge on any atom is -0.381 e. The van der Waals surface area contributed by atoms with Crippen molar-refractivity contribution in [2.45, 2.75) is 12.5 Å². The van der Waals surface area contributed by atoms with Gasteiger partial charge < -0.3 is 11.1 Å². The van der Waals surface area contributed by atoms with Crippen molar-refractivity contribution in [2.24, 2.45) is 5.73 Å². The second-order valence-corrected chi connectivity index (χ2v) is 4.94. The number of thioether (sulfide) groups is 1. The summed E-state index contributed by atoms with van der Waals surface area (Å²) >= 11 is 7.53. The molecule has 0 aromatic heterocycles. The van der Waals surface area contributed by atoms with Crippen molar-refractivity contribution in [2.75, 3.05) is 23.9 Å². The zero-order valence-electron chi connectivity index (χ0n) is 9.17. The van der Waals surface area contributed by atoms with E-state index in [9.17, 15) is 4.39 Å². The Balaban J connectivity index is 2.62. The second kappa shape index (κ2) is 6.99. The second-order valence-electron chi connectivity index (χ2n) is 3.52. The predicted molar refractivity (Wildman–Crippen MR) is 70.9 cm³/mol. The molecule has 16 heavy (non-hydrogen) atoms. The van der Waals surface area contributed by atoms with Crippen LogP contribution in [-0.2, 0) is 0 Å². The molecule has 90 valence electrons. The third-order valence-corrected chi connectivity index (χ3v) is 3.05. The summed E-state index contributed by atoms with van der Waals surface area (Å²) in [7, 11) is 0. The van der Waals surface area contributed by atoms with Crippen molar-refractivity contribution in [1.29, 1.82) is 0 Å². The van der Waals surface area contributed by atoms with Gasteiger partial charge in [-0.1, -0.05) is 11.6 Å². The van der Waals surface area contributed by atoms with Crippen molar-refractivity contribution in [3.05, 3.63) is 29.0 Å². The number of benzene rings is 1. The Hall–Kier alpha value is -0.450. The molecule has 0 heterocycles. The Morgan fingerprint density at radius 1 is 1.50 bits per heavy atom. The lowest BCUT2D eigenvalue weighted by Crippen LogP contribution is -2.29. The van der Waals surface area contributed by atoms with Crippen LogP contribution in [0.5, 0.6) is 0 Å². The zero-order chi connectivity index (χ0) is 12.0. The van der Waals surface area contributed by atoms with Crippen LogP contribution in [0.15, 0.2) is 18.2 Å². The van der Waals surface area contributed by atoms with E-state index in [1.54, 1.807) is 17.8 Å². The molecule has 0 amide bonds. The van der Waals surface area contributed by atoms with Crippen LogP contribution in [0, 0.1) is 5.82 Å². The van der Waals surface area contributed by atoms with Gasteiger partial charge in [-0.15, -0.1) is 0 Å². The fraction of sp³-hybridized carbons (Fsp3) is 0.455. The average Bonchev–Trinajstić information content (AvgIpc) is 2.22. The normalized spacial score (nSPS) is 12.5. The number of halogens is 2. The van der Waals surface area contributed by atoms with Crippen LogP contribution in [-0.4, -0.2) is 24.6 Å². The Morgan fingerprint density at radius 3 is 2.81 bits per heavy atom. The Bertz CT molecular complexity index is 316. The molecular weight excluding hydrogens is 247 g/mol. The fourth-order valence-electron chi connectivity index (χ4n) is 1.38. The summed E-state index contributed by atoms with van der Waals surface area (Å²) in [5.74, 6) is 0.688. The molecule has 0 aliphatic carbocycles. The lowest BCUT2D eigenvalue weighted by Gasteiger charge is -2.17. The third kappa shape index (κ3) is 4.60. The number of hydrogen-bond donors (Lipinski definition) is 2. The van der Waals surface area contributed by atoms with Crippen LogP contribution in [0.2, 0.25) is 5.02 Å². The molecule has 1 unspecified atom stereocenters. The van der Waals surface area contributed by atoms with E-state index >= 15 is 0 Å². The van der Waals surface area contributed by atoms with Gasteiger partial charge in [0.15, 0.2) is 0 Å².